The minimum Gasteiger partial charge on any atom is -0.314 e. The molecule has 15 heavy (non-hydrogen) atoms. The summed E-state index contributed by atoms with van der Waals surface area (Å²) in [6.45, 7) is 4.95. The maximum Gasteiger partial charge on any atom is 0.268 e. The summed E-state index contributed by atoms with van der Waals surface area (Å²) in [5.41, 5.74) is 0.0513. The van der Waals surface area contributed by atoms with Crippen LogP contribution in [-0.4, -0.2) is 4.57 Å². The largest absolute Gasteiger partial charge is 0.314 e. The zero-order valence-electron chi connectivity index (χ0n) is 9.23. The lowest BCUT2D eigenvalue weighted by Gasteiger charge is -2.13. The molecule has 0 atom stereocenters. The second kappa shape index (κ2) is 5.35. The van der Waals surface area contributed by atoms with Crippen LogP contribution in [0.15, 0.2) is 23.1 Å². The van der Waals surface area contributed by atoms with Crippen molar-refractivity contribution < 1.29 is 0 Å². The van der Waals surface area contributed by atoms with Gasteiger partial charge in [-0.3, -0.25) is 4.79 Å². The molecule has 0 N–H and O–H groups in total. The minimum atomic E-state index is -0.174. The van der Waals surface area contributed by atoms with Crippen molar-refractivity contribution in [3.8, 4) is 6.07 Å². The molecule has 1 rings (SSSR count). The Morgan fingerprint density at radius 3 is 2.67 bits per heavy atom. The van der Waals surface area contributed by atoms with E-state index in [4.69, 9.17) is 5.26 Å². The van der Waals surface area contributed by atoms with E-state index in [0.29, 0.717) is 12.5 Å². The molecule has 3 nitrogen and oxygen atoms in total. The number of nitrogens with zero attached hydrogens (tertiary/aromatic N) is 2. The molecule has 0 spiro atoms. The highest BCUT2D eigenvalue weighted by atomic mass is 16.1. The van der Waals surface area contributed by atoms with E-state index >= 15 is 0 Å². The summed E-state index contributed by atoms with van der Waals surface area (Å²) < 4.78 is 1.64. The van der Waals surface area contributed by atoms with Gasteiger partial charge < -0.3 is 4.57 Å². The third-order valence-corrected chi connectivity index (χ3v) is 2.75. The van der Waals surface area contributed by atoms with Crippen LogP contribution in [0, 0.1) is 17.2 Å². The fourth-order valence-corrected chi connectivity index (χ4v) is 1.59. The standard InChI is InChI=1S/C12H16N2O/c1-3-10(4-2)9-14-7-5-6-11(8-13)12(14)15/h5-7,10H,3-4,9H2,1-2H3. The van der Waals surface area contributed by atoms with Gasteiger partial charge in [-0.25, -0.2) is 0 Å². The van der Waals surface area contributed by atoms with E-state index < -0.39 is 0 Å². The summed E-state index contributed by atoms with van der Waals surface area (Å²) in [5.74, 6) is 0.511. The molecule has 1 aromatic rings. The van der Waals surface area contributed by atoms with Crippen molar-refractivity contribution in [2.75, 3.05) is 0 Å². The lowest BCUT2D eigenvalue weighted by molar-refractivity contribution is 0.411. The first-order valence-electron chi connectivity index (χ1n) is 5.32. The number of aromatic nitrogens is 1. The molecule has 0 aliphatic heterocycles. The fourth-order valence-electron chi connectivity index (χ4n) is 1.59. The number of rotatable bonds is 4. The predicted octanol–water partition coefficient (Wildman–Crippen LogP) is 2.16. The van der Waals surface area contributed by atoms with E-state index in [2.05, 4.69) is 13.8 Å². The average molecular weight is 204 g/mol. The molecular weight excluding hydrogens is 188 g/mol. The molecule has 0 radical (unpaired) electrons. The molecule has 0 bridgehead atoms. The first-order valence-corrected chi connectivity index (χ1v) is 5.32. The molecule has 0 aliphatic carbocycles. The number of hydrogen-bond donors (Lipinski definition) is 0. The van der Waals surface area contributed by atoms with Gasteiger partial charge in [0, 0.05) is 12.7 Å². The van der Waals surface area contributed by atoms with Crippen molar-refractivity contribution in [3.05, 3.63) is 34.2 Å². The van der Waals surface area contributed by atoms with E-state index in [1.807, 2.05) is 6.07 Å². The van der Waals surface area contributed by atoms with Crippen LogP contribution in [0.2, 0.25) is 0 Å². The van der Waals surface area contributed by atoms with Crippen LogP contribution in [0.4, 0.5) is 0 Å². The zero-order valence-corrected chi connectivity index (χ0v) is 9.23. The SMILES string of the molecule is CCC(CC)Cn1cccc(C#N)c1=O. The topological polar surface area (TPSA) is 45.8 Å². The van der Waals surface area contributed by atoms with Crippen molar-refractivity contribution in [1.82, 2.24) is 4.57 Å². The van der Waals surface area contributed by atoms with Crippen molar-refractivity contribution in [1.29, 1.82) is 5.26 Å². The highest BCUT2D eigenvalue weighted by molar-refractivity contribution is 5.24. The van der Waals surface area contributed by atoms with Crippen LogP contribution < -0.4 is 5.56 Å². The van der Waals surface area contributed by atoms with Crippen molar-refractivity contribution in [2.45, 2.75) is 33.2 Å². The zero-order chi connectivity index (χ0) is 11.3. The third-order valence-electron chi connectivity index (χ3n) is 2.75. The molecule has 0 saturated carbocycles. The van der Waals surface area contributed by atoms with Crippen molar-refractivity contribution in [3.63, 3.8) is 0 Å². The van der Waals surface area contributed by atoms with E-state index in [1.165, 1.54) is 0 Å². The first-order chi connectivity index (χ1) is 7.22. The van der Waals surface area contributed by atoms with E-state index in [1.54, 1.807) is 22.9 Å². The minimum absolute atomic E-state index is 0.174. The molecule has 1 aromatic heterocycles. The van der Waals surface area contributed by atoms with Crippen LogP contribution in [-0.2, 0) is 6.54 Å². The van der Waals surface area contributed by atoms with Gasteiger partial charge in [-0.2, -0.15) is 5.26 Å². The average Bonchev–Trinajstić information content (AvgIpc) is 2.28. The Morgan fingerprint density at radius 1 is 1.47 bits per heavy atom. The summed E-state index contributed by atoms with van der Waals surface area (Å²) in [5, 5.41) is 8.73. The lowest BCUT2D eigenvalue weighted by Crippen LogP contribution is -2.24. The quantitative estimate of drug-likeness (QED) is 0.754. The highest BCUT2D eigenvalue weighted by Crippen LogP contribution is 2.09. The Kier molecular flexibility index (Phi) is 4.11. The van der Waals surface area contributed by atoms with Gasteiger partial charge in [0.05, 0.1) is 0 Å². The van der Waals surface area contributed by atoms with Crippen LogP contribution in [0.3, 0.4) is 0 Å². The monoisotopic (exact) mass is 204 g/mol. The predicted molar refractivity (Wildman–Crippen MR) is 59.5 cm³/mol. The van der Waals surface area contributed by atoms with Crippen LogP contribution >= 0.6 is 0 Å². The number of hydrogen-bond acceptors (Lipinski definition) is 2. The Hall–Kier alpha value is -1.56. The molecule has 0 saturated heterocycles. The Bertz CT molecular complexity index is 410. The third kappa shape index (κ3) is 2.69. The van der Waals surface area contributed by atoms with Gasteiger partial charge in [0.15, 0.2) is 0 Å². The van der Waals surface area contributed by atoms with Gasteiger partial charge >= 0.3 is 0 Å². The summed E-state index contributed by atoms with van der Waals surface area (Å²) in [4.78, 5) is 11.7. The van der Waals surface area contributed by atoms with Gasteiger partial charge in [0.1, 0.15) is 11.6 Å². The smallest absolute Gasteiger partial charge is 0.268 e. The number of pyridine rings is 1. The van der Waals surface area contributed by atoms with Crippen LogP contribution in [0.25, 0.3) is 0 Å². The molecule has 1 heterocycles. The lowest BCUT2D eigenvalue weighted by atomic mass is 10.0. The molecule has 0 aromatic carbocycles. The molecule has 3 heteroatoms. The highest BCUT2D eigenvalue weighted by Gasteiger charge is 2.07. The van der Waals surface area contributed by atoms with Gasteiger partial charge in [0.2, 0.25) is 0 Å². The second-order valence-electron chi connectivity index (χ2n) is 3.67. The summed E-state index contributed by atoms with van der Waals surface area (Å²) >= 11 is 0. The normalized spacial score (nSPS) is 10.3. The Morgan fingerprint density at radius 2 is 2.13 bits per heavy atom. The van der Waals surface area contributed by atoms with E-state index in [-0.39, 0.29) is 11.1 Å². The Balaban J connectivity index is 2.96. The second-order valence-corrected chi connectivity index (χ2v) is 3.67. The fraction of sp³-hybridized carbons (Fsp3) is 0.500. The molecule has 0 unspecified atom stereocenters. The summed E-state index contributed by atoms with van der Waals surface area (Å²) in [6.07, 6.45) is 3.86. The van der Waals surface area contributed by atoms with Gasteiger partial charge in [-0.05, 0) is 18.1 Å². The van der Waals surface area contributed by atoms with Crippen LogP contribution in [0.5, 0.6) is 0 Å². The van der Waals surface area contributed by atoms with E-state index in [9.17, 15) is 4.79 Å². The van der Waals surface area contributed by atoms with E-state index in [0.717, 1.165) is 12.8 Å². The van der Waals surface area contributed by atoms with Crippen molar-refractivity contribution in [2.24, 2.45) is 5.92 Å². The Labute approximate surface area is 90.0 Å². The van der Waals surface area contributed by atoms with Crippen LogP contribution in [0.1, 0.15) is 32.3 Å². The molecule has 0 aliphatic rings. The van der Waals surface area contributed by atoms with Crippen molar-refractivity contribution >= 4 is 0 Å². The molecular formula is C12H16N2O. The number of nitriles is 1. The first kappa shape index (κ1) is 11.5. The summed E-state index contributed by atoms with van der Waals surface area (Å²) in [7, 11) is 0. The molecule has 80 valence electrons. The maximum atomic E-state index is 11.7. The molecule has 0 fully saturated rings. The van der Waals surface area contributed by atoms with Gasteiger partial charge in [-0.15, -0.1) is 0 Å². The summed E-state index contributed by atoms with van der Waals surface area (Å²) in [6, 6.07) is 5.23. The maximum absolute atomic E-state index is 11.7. The molecule has 0 amide bonds. The van der Waals surface area contributed by atoms with Gasteiger partial charge in [0.25, 0.3) is 5.56 Å². The van der Waals surface area contributed by atoms with Gasteiger partial charge in [-0.1, -0.05) is 26.7 Å².